The minimum absolute atomic E-state index is 0.0150. The summed E-state index contributed by atoms with van der Waals surface area (Å²) in [7, 11) is 0. The third kappa shape index (κ3) is 2.07. The van der Waals surface area contributed by atoms with Crippen LogP contribution in [0.25, 0.3) is 0 Å². The van der Waals surface area contributed by atoms with E-state index in [4.69, 9.17) is 0 Å². The number of ketones is 2. The average Bonchev–Trinajstić information content (AvgIpc) is 3.08. The molecule has 2 aromatic rings. The molecule has 1 fully saturated rings. The van der Waals surface area contributed by atoms with E-state index < -0.39 is 5.41 Å². The molecule has 0 saturated heterocycles. The van der Waals surface area contributed by atoms with Gasteiger partial charge in [0.2, 0.25) is 0 Å². The van der Waals surface area contributed by atoms with Gasteiger partial charge in [-0.2, -0.15) is 0 Å². The molecule has 0 bridgehead atoms. The first-order valence-corrected chi connectivity index (χ1v) is 8.18. The van der Waals surface area contributed by atoms with Crippen molar-refractivity contribution in [3.05, 3.63) is 71.3 Å². The molecule has 1 spiro atoms. The number of nitrogens with one attached hydrogen (secondary N) is 1. The Balaban J connectivity index is 1.72. The number of hydrogen-bond acceptors (Lipinski definition) is 3. The predicted octanol–water partition coefficient (Wildman–Crippen LogP) is 3.45. The van der Waals surface area contributed by atoms with Crippen LogP contribution >= 0.6 is 0 Å². The highest BCUT2D eigenvalue weighted by Crippen LogP contribution is 2.53. The van der Waals surface area contributed by atoms with Gasteiger partial charge >= 0.3 is 0 Å². The molecule has 2 aromatic carbocycles. The van der Waals surface area contributed by atoms with E-state index in [0.717, 1.165) is 17.5 Å². The molecule has 2 aliphatic carbocycles. The van der Waals surface area contributed by atoms with E-state index in [1.54, 1.807) is 0 Å². The van der Waals surface area contributed by atoms with Crippen molar-refractivity contribution in [2.45, 2.75) is 31.8 Å². The van der Waals surface area contributed by atoms with Crippen LogP contribution < -0.4 is 5.32 Å². The molecule has 1 saturated carbocycles. The summed E-state index contributed by atoms with van der Waals surface area (Å²) >= 11 is 0. The quantitative estimate of drug-likeness (QED) is 0.883. The van der Waals surface area contributed by atoms with E-state index >= 15 is 0 Å². The summed E-state index contributed by atoms with van der Waals surface area (Å²) in [5.74, 6) is 0.116. The van der Waals surface area contributed by atoms with Crippen molar-refractivity contribution < 1.29 is 9.59 Å². The molecule has 3 heteroatoms. The molecule has 3 nitrogen and oxygen atoms in total. The Morgan fingerprint density at radius 3 is 2.48 bits per heavy atom. The van der Waals surface area contributed by atoms with Gasteiger partial charge in [0, 0.05) is 18.5 Å². The summed E-state index contributed by atoms with van der Waals surface area (Å²) in [4.78, 5) is 25.6. The van der Waals surface area contributed by atoms with Gasteiger partial charge in [0.05, 0.1) is 6.04 Å². The first-order chi connectivity index (χ1) is 11.2. The van der Waals surface area contributed by atoms with Gasteiger partial charge in [-0.25, -0.2) is 0 Å². The summed E-state index contributed by atoms with van der Waals surface area (Å²) in [6, 6.07) is 17.6. The monoisotopic (exact) mass is 305 g/mol. The molecular weight excluding hydrogens is 286 g/mol. The Hall–Kier alpha value is -2.26. The van der Waals surface area contributed by atoms with Crippen LogP contribution in [0.4, 0.5) is 0 Å². The van der Waals surface area contributed by atoms with E-state index in [1.807, 2.05) is 42.5 Å². The van der Waals surface area contributed by atoms with Gasteiger partial charge in [-0.05, 0) is 24.0 Å². The topological polar surface area (TPSA) is 46.2 Å². The van der Waals surface area contributed by atoms with Crippen molar-refractivity contribution in [3.63, 3.8) is 0 Å². The van der Waals surface area contributed by atoms with Gasteiger partial charge in [0.1, 0.15) is 11.2 Å². The van der Waals surface area contributed by atoms with Crippen molar-refractivity contribution in [2.24, 2.45) is 5.41 Å². The van der Waals surface area contributed by atoms with Crippen molar-refractivity contribution in [1.82, 2.24) is 5.32 Å². The maximum absolute atomic E-state index is 13.0. The van der Waals surface area contributed by atoms with Crippen molar-refractivity contribution >= 4 is 11.6 Å². The molecule has 0 unspecified atom stereocenters. The van der Waals surface area contributed by atoms with Crippen LogP contribution in [-0.2, 0) is 11.3 Å². The van der Waals surface area contributed by atoms with Crippen LogP contribution in [0.15, 0.2) is 54.6 Å². The summed E-state index contributed by atoms with van der Waals surface area (Å²) in [6.45, 7) is 0.655. The molecule has 2 atom stereocenters. The largest absolute Gasteiger partial charge is 0.305 e. The van der Waals surface area contributed by atoms with Crippen molar-refractivity contribution in [2.75, 3.05) is 0 Å². The number of fused-ring (bicyclic) bond motifs is 1. The minimum atomic E-state index is -0.877. The zero-order valence-corrected chi connectivity index (χ0v) is 12.9. The van der Waals surface area contributed by atoms with Crippen LogP contribution in [0, 0.1) is 5.41 Å². The molecule has 0 aromatic heterocycles. The van der Waals surface area contributed by atoms with Crippen LogP contribution in [0.1, 0.15) is 46.8 Å². The molecule has 0 amide bonds. The first-order valence-electron chi connectivity index (χ1n) is 8.18. The third-order valence-corrected chi connectivity index (χ3v) is 5.24. The highest BCUT2D eigenvalue weighted by molar-refractivity contribution is 6.19. The smallest absolute Gasteiger partial charge is 0.178 e. The lowest BCUT2D eigenvalue weighted by molar-refractivity contribution is -0.124. The lowest BCUT2D eigenvalue weighted by Gasteiger charge is -2.29. The second kappa shape index (κ2) is 5.43. The van der Waals surface area contributed by atoms with Crippen molar-refractivity contribution in [3.8, 4) is 0 Å². The van der Waals surface area contributed by atoms with Crippen LogP contribution in [0.5, 0.6) is 0 Å². The number of carbonyl (C=O) groups is 2. The number of hydrogen-bond donors (Lipinski definition) is 1. The molecule has 0 aliphatic heterocycles. The lowest BCUT2D eigenvalue weighted by atomic mass is 9.77. The fraction of sp³-hybridized carbons (Fsp3) is 0.300. The van der Waals surface area contributed by atoms with Gasteiger partial charge in [0.15, 0.2) is 5.78 Å². The SMILES string of the molecule is O=C1CCC[C@@]12C(=O)c1ccccc1[C@H]2NCc1ccccc1. The number of rotatable bonds is 3. The van der Waals surface area contributed by atoms with E-state index in [-0.39, 0.29) is 17.6 Å². The molecule has 0 radical (unpaired) electrons. The van der Waals surface area contributed by atoms with Gasteiger partial charge in [-0.3, -0.25) is 9.59 Å². The predicted molar refractivity (Wildman–Crippen MR) is 88.1 cm³/mol. The Morgan fingerprint density at radius 2 is 1.74 bits per heavy atom. The molecular formula is C20H19NO2. The standard InChI is InChI=1S/C20H19NO2/c22-17-11-6-12-20(17)18(21-13-14-7-2-1-3-8-14)15-9-4-5-10-16(15)19(20)23/h1-5,7-10,18,21H,6,11-13H2/t18-,20-/m1/s1. The van der Waals surface area contributed by atoms with E-state index in [2.05, 4.69) is 17.4 Å². The highest BCUT2D eigenvalue weighted by atomic mass is 16.2. The Bertz CT molecular complexity index is 768. The van der Waals surface area contributed by atoms with Gasteiger partial charge < -0.3 is 5.32 Å². The van der Waals surface area contributed by atoms with Crippen LogP contribution in [-0.4, -0.2) is 11.6 Å². The summed E-state index contributed by atoms with van der Waals surface area (Å²) in [5, 5.41) is 3.51. The maximum Gasteiger partial charge on any atom is 0.178 e. The average molecular weight is 305 g/mol. The second-order valence-electron chi connectivity index (χ2n) is 6.46. The van der Waals surface area contributed by atoms with E-state index in [1.165, 1.54) is 0 Å². The second-order valence-corrected chi connectivity index (χ2v) is 6.46. The van der Waals surface area contributed by atoms with Crippen LogP contribution in [0.2, 0.25) is 0 Å². The zero-order valence-electron chi connectivity index (χ0n) is 12.9. The fourth-order valence-electron chi connectivity index (χ4n) is 4.13. The molecule has 116 valence electrons. The maximum atomic E-state index is 13.0. The Morgan fingerprint density at radius 1 is 1.00 bits per heavy atom. The molecule has 0 heterocycles. The normalized spacial score (nSPS) is 26.0. The Labute approximate surface area is 135 Å². The fourth-order valence-corrected chi connectivity index (χ4v) is 4.13. The number of benzene rings is 2. The summed E-state index contributed by atoms with van der Waals surface area (Å²) in [5.41, 5.74) is 1.97. The lowest BCUT2D eigenvalue weighted by Crippen LogP contribution is -2.42. The highest BCUT2D eigenvalue weighted by Gasteiger charge is 2.59. The van der Waals surface area contributed by atoms with E-state index in [0.29, 0.717) is 24.9 Å². The molecule has 4 rings (SSSR count). The Kier molecular flexibility index (Phi) is 3.38. The zero-order chi connectivity index (χ0) is 15.9. The van der Waals surface area contributed by atoms with Crippen LogP contribution in [0.3, 0.4) is 0 Å². The summed E-state index contributed by atoms with van der Waals surface area (Å²) < 4.78 is 0. The molecule has 1 N–H and O–H groups in total. The first kappa shape index (κ1) is 14.3. The summed E-state index contributed by atoms with van der Waals surface area (Å²) in [6.07, 6.45) is 1.98. The van der Waals surface area contributed by atoms with Gasteiger partial charge in [-0.1, -0.05) is 54.6 Å². The minimum Gasteiger partial charge on any atom is -0.305 e. The van der Waals surface area contributed by atoms with E-state index in [9.17, 15) is 9.59 Å². The molecule has 23 heavy (non-hydrogen) atoms. The third-order valence-electron chi connectivity index (χ3n) is 5.24. The van der Waals surface area contributed by atoms with Gasteiger partial charge in [0.25, 0.3) is 0 Å². The van der Waals surface area contributed by atoms with Crippen molar-refractivity contribution in [1.29, 1.82) is 0 Å². The number of Topliss-reactive ketones (excluding diaryl/α,β-unsaturated/α-hetero) is 2. The number of carbonyl (C=O) groups excluding carboxylic acids is 2. The van der Waals surface area contributed by atoms with Gasteiger partial charge in [-0.15, -0.1) is 0 Å². The molecule has 2 aliphatic rings.